The van der Waals surface area contributed by atoms with Gasteiger partial charge in [-0.2, -0.15) is 0 Å². The molecule has 23 heavy (non-hydrogen) atoms. The molecule has 2 rings (SSSR count). The highest BCUT2D eigenvalue weighted by molar-refractivity contribution is 7.09. The zero-order valence-corrected chi connectivity index (χ0v) is 15.4. The molecule has 1 atom stereocenters. The number of amides is 1. The molecule has 1 aliphatic heterocycles. The van der Waals surface area contributed by atoms with E-state index in [2.05, 4.69) is 46.5 Å². The first-order valence-corrected chi connectivity index (χ1v) is 9.84. The summed E-state index contributed by atoms with van der Waals surface area (Å²) in [6.45, 7) is 11.2. The number of likely N-dealkylation sites (N-methyl/N-ethyl adjacent to an activating group) is 1. The summed E-state index contributed by atoms with van der Waals surface area (Å²) in [5, 5.41) is 5.48. The van der Waals surface area contributed by atoms with Gasteiger partial charge in [-0.05, 0) is 56.4 Å². The van der Waals surface area contributed by atoms with Gasteiger partial charge in [0, 0.05) is 24.4 Å². The topological polar surface area (TPSA) is 35.6 Å². The van der Waals surface area contributed by atoms with Gasteiger partial charge in [0.2, 0.25) is 5.91 Å². The molecule has 1 aromatic heterocycles. The van der Waals surface area contributed by atoms with E-state index in [0.717, 1.165) is 52.2 Å². The van der Waals surface area contributed by atoms with E-state index in [1.54, 1.807) is 11.3 Å². The standard InChI is InChI=1S/C18H31N3OS/c1-3-20(4-2)11-12-21(15-17-6-5-13-23-17)18(22)8-7-16-9-10-19-14-16/h5-6,13,16,19H,3-4,7-12,14-15H2,1-2H3. The molecule has 4 nitrogen and oxygen atoms in total. The van der Waals surface area contributed by atoms with Crippen LogP contribution >= 0.6 is 11.3 Å². The highest BCUT2D eigenvalue weighted by Crippen LogP contribution is 2.17. The van der Waals surface area contributed by atoms with E-state index in [1.807, 2.05) is 0 Å². The highest BCUT2D eigenvalue weighted by atomic mass is 32.1. The van der Waals surface area contributed by atoms with Crippen LogP contribution in [0, 0.1) is 5.92 Å². The Morgan fingerprint density at radius 1 is 1.35 bits per heavy atom. The Morgan fingerprint density at radius 2 is 2.17 bits per heavy atom. The molecule has 1 saturated heterocycles. The lowest BCUT2D eigenvalue weighted by molar-refractivity contribution is -0.132. The van der Waals surface area contributed by atoms with Crippen molar-refractivity contribution in [1.29, 1.82) is 0 Å². The average Bonchev–Trinajstić information content (AvgIpc) is 3.26. The molecular formula is C18H31N3OS. The van der Waals surface area contributed by atoms with Crippen molar-refractivity contribution in [2.45, 2.75) is 39.7 Å². The number of nitrogens with one attached hydrogen (secondary N) is 1. The summed E-state index contributed by atoms with van der Waals surface area (Å²) in [6, 6.07) is 4.19. The van der Waals surface area contributed by atoms with E-state index in [9.17, 15) is 4.79 Å². The normalized spacial score (nSPS) is 17.8. The van der Waals surface area contributed by atoms with Gasteiger partial charge >= 0.3 is 0 Å². The fourth-order valence-corrected chi connectivity index (χ4v) is 3.85. The van der Waals surface area contributed by atoms with E-state index >= 15 is 0 Å². The van der Waals surface area contributed by atoms with Crippen molar-refractivity contribution in [1.82, 2.24) is 15.1 Å². The van der Waals surface area contributed by atoms with Crippen LogP contribution in [0.25, 0.3) is 0 Å². The van der Waals surface area contributed by atoms with E-state index in [1.165, 1.54) is 11.3 Å². The number of thiophene rings is 1. The van der Waals surface area contributed by atoms with Gasteiger partial charge in [-0.3, -0.25) is 4.79 Å². The highest BCUT2D eigenvalue weighted by Gasteiger charge is 2.19. The molecule has 0 bridgehead atoms. The summed E-state index contributed by atoms with van der Waals surface area (Å²) in [7, 11) is 0. The van der Waals surface area contributed by atoms with Crippen LogP contribution in [-0.4, -0.2) is 55.0 Å². The molecule has 5 heteroatoms. The Hall–Kier alpha value is -0.910. The molecule has 1 unspecified atom stereocenters. The molecule has 2 heterocycles. The van der Waals surface area contributed by atoms with Gasteiger partial charge in [0.1, 0.15) is 0 Å². The van der Waals surface area contributed by atoms with Gasteiger partial charge in [0.05, 0.1) is 6.54 Å². The summed E-state index contributed by atoms with van der Waals surface area (Å²) in [5.41, 5.74) is 0. The van der Waals surface area contributed by atoms with Crippen LogP contribution in [0.2, 0.25) is 0 Å². The lowest BCUT2D eigenvalue weighted by Crippen LogP contribution is -2.38. The minimum absolute atomic E-state index is 0.317. The summed E-state index contributed by atoms with van der Waals surface area (Å²) in [6.07, 6.45) is 2.94. The van der Waals surface area contributed by atoms with Crippen molar-refractivity contribution in [3.8, 4) is 0 Å². The molecule has 0 aromatic carbocycles. The number of hydrogen-bond donors (Lipinski definition) is 1. The van der Waals surface area contributed by atoms with Crippen LogP contribution in [0.4, 0.5) is 0 Å². The zero-order chi connectivity index (χ0) is 16.5. The van der Waals surface area contributed by atoms with Gasteiger partial charge in [-0.15, -0.1) is 11.3 Å². The maximum absolute atomic E-state index is 12.7. The molecule has 130 valence electrons. The molecule has 1 fully saturated rings. The van der Waals surface area contributed by atoms with Crippen LogP contribution in [0.5, 0.6) is 0 Å². The van der Waals surface area contributed by atoms with Crippen molar-refractivity contribution < 1.29 is 4.79 Å². The van der Waals surface area contributed by atoms with Crippen LogP contribution < -0.4 is 5.32 Å². The minimum Gasteiger partial charge on any atom is -0.336 e. The molecule has 0 saturated carbocycles. The molecule has 1 aliphatic rings. The first-order chi connectivity index (χ1) is 11.2. The van der Waals surface area contributed by atoms with Gasteiger partial charge in [0.15, 0.2) is 0 Å². The van der Waals surface area contributed by atoms with Crippen molar-refractivity contribution in [3.63, 3.8) is 0 Å². The molecule has 0 spiro atoms. The molecular weight excluding hydrogens is 306 g/mol. The molecule has 1 N–H and O–H groups in total. The van der Waals surface area contributed by atoms with E-state index < -0.39 is 0 Å². The van der Waals surface area contributed by atoms with E-state index in [4.69, 9.17) is 0 Å². The van der Waals surface area contributed by atoms with Gasteiger partial charge in [0.25, 0.3) is 0 Å². The fraction of sp³-hybridized carbons (Fsp3) is 0.722. The SMILES string of the molecule is CCN(CC)CCN(Cc1cccs1)C(=O)CCC1CCNC1. The smallest absolute Gasteiger partial charge is 0.222 e. The maximum Gasteiger partial charge on any atom is 0.222 e. The summed E-state index contributed by atoms with van der Waals surface area (Å²) >= 11 is 1.74. The average molecular weight is 338 g/mol. The second kappa shape index (κ2) is 10.1. The Morgan fingerprint density at radius 3 is 2.78 bits per heavy atom. The number of rotatable bonds is 10. The largest absolute Gasteiger partial charge is 0.336 e. The number of hydrogen-bond acceptors (Lipinski definition) is 4. The second-order valence-corrected chi connectivity index (χ2v) is 7.35. The molecule has 0 aliphatic carbocycles. The van der Waals surface area contributed by atoms with Crippen LogP contribution in [0.1, 0.15) is 38.0 Å². The van der Waals surface area contributed by atoms with Gasteiger partial charge < -0.3 is 15.1 Å². The van der Waals surface area contributed by atoms with Crippen molar-refractivity contribution in [2.24, 2.45) is 5.92 Å². The van der Waals surface area contributed by atoms with Gasteiger partial charge in [-0.1, -0.05) is 19.9 Å². The number of carbonyl (C=O) groups is 1. The maximum atomic E-state index is 12.7. The Kier molecular flexibility index (Phi) is 8.06. The Balaban J connectivity index is 1.86. The molecule has 0 radical (unpaired) electrons. The molecule has 1 amide bonds. The van der Waals surface area contributed by atoms with Crippen molar-refractivity contribution in [3.05, 3.63) is 22.4 Å². The van der Waals surface area contributed by atoms with Crippen LogP contribution in [0.15, 0.2) is 17.5 Å². The lowest BCUT2D eigenvalue weighted by atomic mass is 10.0. The fourth-order valence-electron chi connectivity index (χ4n) is 3.13. The predicted octanol–water partition coefficient (Wildman–Crippen LogP) is 2.81. The number of nitrogens with zero attached hydrogens (tertiary/aromatic N) is 2. The monoisotopic (exact) mass is 337 g/mol. The third-order valence-electron chi connectivity index (χ3n) is 4.79. The summed E-state index contributed by atoms with van der Waals surface area (Å²) in [4.78, 5) is 18.4. The quantitative estimate of drug-likeness (QED) is 0.713. The van der Waals surface area contributed by atoms with Crippen LogP contribution in [0.3, 0.4) is 0 Å². The van der Waals surface area contributed by atoms with E-state index in [0.29, 0.717) is 18.2 Å². The third kappa shape index (κ3) is 6.24. The van der Waals surface area contributed by atoms with Crippen molar-refractivity contribution in [2.75, 3.05) is 39.3 Å². The summed E-state index contributed by atoms with van der Waals surface area (Å²) < 4.78 is 0. The predicted molar refractivity (Wildman–Crippen MR) is 97.7 cm³/mol. The first kappa shape index (κ1) is 18.4. The second-order valence-electron chi connectivity index (χ2n) is 6.32. The van der Waals surface area contributed by atoms with Crippen LogP contribution in [-0.2, 0) is 11.3 Å². The summed E-state index contributed by atoms with van der Waals surface area (Å²) in [5.74, 6) is 1.00. The minimum atomic E-state index is 0.317. The molecule has 1 aromatic rings. The first-order valence-electron chi connectivity index (χ1n) is 8.96. The van der Waals surface area contributed by atoms with E-state index in [-0.39, 0.29) is 0 Å². The van der Waals surface area contributed by atoms with Gasteiger partial charge in [-0.25, -0.2) is 0 Å². The zero-order valence-electron chi connectivity index (χ0n) is 14.6. The number of carbonyl (C=O) groups excluding carboxylic acids is 1. The Bertz CT molecular complexity index is 439. The third-order valence-corrected chi connectivity index (χ3v) is 5.65. The Labute approximate surface area is 144 Å². The van der Waals surface area contributed by atoms with Crippen molar-refractivity contribution >= 4 is 17.2 Å². The lowest BCUT2D eigenvalue weighted by Gasteiger charge is -2.26.